The van der Waals surface area contributed by atoms with Crippen molar-refractivity contribution in [1.29, 1.82) is 0 Å². The topological polar surface area (TPSA) is 129 Å². The zero-order chi connectivity index (χ0) is 19.7. The quantitative estimate of drug-likeness (QED) is 0.558. The van der Waals surface area contributed by atoms with Crippen LogP contribution in [0.15, 0.2) is 30.6 Å². The minimum atomic E-state index is -0.797. The standard InChI is InChI=1S/C19H19N5O4/c1-27-12-5-2-11(3-6-12)4-7-15-23-17-18(20)21-10-22-19(17)24(15)16-8-13(26)14(9-25)28-16/h2-3,5-6,10,13-14,16,25-26H,8-9H2,1H3,(H2,20,21,22)/t13-,14+,16+/m0/s1. The number of aliphatic hydroxyl groups excluding tert-OH is 2. The van der Waals surface area contributed by atoms with E-state index in [1.54, 1.807) is 11.7 Å². The molecule has 0 spiro atoms. The predicted octanol–water partition coefficient (Wildman–Crippen LogP) is 0.458. The summed E-state index contributed by atoms with van der Waals surface area (Å²) >= 11 is 0. The Morgan fingerprint density at radius 1 is 1.29 bits per heavy atom. The number of rotatable bonds is 3. The molecule has 0 unspecified atom stereocenters. The summed E-state index contributed by atoms with van der Waals surface area (Å²) in [6, 6.07) is 7.31. The fraction of sp³-hybridized carbons (Fsp3) is 0.316. The average molecular weight is 381 g/mol. The summed E-state index contributed by atoms with van der Waals surface area (Å²) in [7, 11) is 1.60. The fourth-order valence-corrected chi connectivity index (χ4v) is 3.13. The number of aromatic nitrogens is 4. The van der Waals surface area contributed by atoms with Crippen LogP contribution < -0.4 is 10.5 Å². The highest BCUT2D eigenvalue weighted by molar-refractivity contribution is 5.82. The van der Waals surface area contributed by atoms with Crippen molar-refractivity contribution in [2.75, 3.05) is 19.5 Å². The van der Waals surface area contributed by atoms with Crippen LogP contribution in [0.2, 0.25) is 0 Å². The lowest BCUT2D eigenvalue weighted by atomic mass is 10.2. The molecule has 1 aliphatic rings. The number of nitrogen functional groups attached to an aromatic ring is 1. The molecular formula is C19H19N5O4. The van der Waals surface area contributed by atoms with Gasteiger partial charge in [0.1, 0.15) is 24.4 Å². The third-order valence-electron chi connectivity index (χ3n) is 4.59. The van der Waals surface area contributed by atoms with Crippen LogP contribution in [0, 0.1) is 11.8 Å². The van der Waals surface area contributed by atoms with E-state index in [1.165, 1.54) is 6.33 Å². The van der Waals surface area contributed by atoms with Gasteiger partial charge in [-0.3, -0.25) is 4.57 Å². The van der Waals surface area contributed by atoms with Crippen molar-refractivity contribution in [3.8, 4) is 17.6 Å². The summed E-state index contributed by atoms with van der Waals surface area (Å²) in [5.41, 5.74) is 7.58. The molecule has 28 heavy (non-hydrogen) atoms. The van der Waals surface area contributed by atoms with E-state index >= 15 is 0 Å². The molecule has 0 aliphatic carbocycles. The third-order valence-corrected chi connectivity index (χ3v) is 4.59. The Bertz CT molecular complexity index is 1050. The Balaban J connectivity index is 1.78. The molecule has 3 atom stereocenters. The predicted molar refractivity (Wildman–Crippen MR) is 100 cm³/mol. The van der Waals surface area contributed by atoms with Crippen molar-refractivity contribution in [3.63, 3.8) is 0 Å². The van der Waals surface area contributed by atoms with Gasteiger partial charge in [-0.25, -0.2) is 15.0 Å². The van der Waals surface area contributed by atoms with Gasteiger partial charge in [0.05, 0.1) is 19.8 Å². The number of nitrogens with zero attached hydrogens (tertiary/aromatic N) is 4. The number of imidazole rings is 1. The van der Waals surface area contributed by atoms with Gasteiger partial charge in [0, 0.05) is 12.0 Å². The van der Waals surface area contributed by atoms with Crippen LogP contribution in [0.4, 0.5) is 5.82 Å². The van der Waals surface area contributed by atoms with Crippen molar-refractivity contribution in [2.24, 2.45) is 0 Å². The lowest BCUT2D eigenvalue weighted by Gasteiger charge is -2.14. The Labute approximate surface area is 160 Å². The molecule has 0 radical (unpaired) electrons. The van der Waals surface area contributed by atoms with Crippen molar-refractivity contribution in [3.05, 3.63) is 42.0 Å². The number of ether oxygens (including phenoxy) is 2. The second kappa shape index (κ2) is 7.44. The fourth-order valence-electron chi connectivity index (χ4n) is 3.13. The van der Waals surface area contributed by atoms with Crippen molar-refractivity contribution in [2.45, 2.75) is 24.9 Å². The van der Waals surface area contributed by atoms with Crippen LogP contribution in [0.1, 0.15) is 24.0 Å². The highest BCUT2D eigenvalue weighted by Crippen LogP contribution is 2.32. The van der Waals surface area contributed by atoms with E-state index in [1.807, 2.05) is 24.3 Å². The number of benzene rings is 1. The van der Waals surface area contributed by atoms with E-state index in [-0.39, 0.29) is 18.8 Å². The highest BCUT2D eigenvalue weighted by atomic mass is 16.5. The van der Waals surface area contributed by atoms with Gasteiger partial charge in [-0.15, -0.1) is 0 Å². The Hall–Kier alpha value is -3.19. The Kier molecular flexibility index (Phi) is 4.83. The lowest BCUT2D eigenvalue weighted by Crippen LogP contribution is -2.24. The van der Waals surface area contributed by atoms with E-state index in [4.69, 9.17) is 15.2 Å². The molecule has 4 N–H and O–H groups in total. The summed E-state index contributed by atoms with van der Waals surface area (Å²) < 4.78 is 12.6. The summed E-state index contributed by atoms with van der Waals surface area (Å²) in [5, 5.41) is 19.5. The molecule has 0 saturated carbocycles. The molecule has 1 aromatic carbocycles. The summed E-state index contributed by atoms with van der Waals surface area (Å²) in [6.45, 7) is -0.283. The molecule has 4 rings (SSSR count). The zero-order valence-electron chi connectivity index (χ0n) is 15.1. The molecule has 1 fully saturated rings. The molecule has 0 bridgehead atoms. The lowest BCUT2D eigenvalue weighted by molar-refractivity contribution is -0.0434. The number of fused-ring (bicyclic) bond motifs is 1. The van der Waals surface area contributed by atoms with E-state index in [0.29, 0.717) is 17.0 Å². The molecular weight excluding hydrogens is 362 g/mol. The maximum atomic E-state index is 10.1. The first-order valence-corrected chi connectivity index (χ1v) is 8.69. The third kappa shape index (κ3) is 3.25. The first kappa shape index (κ1) is 18.2. The van der Waals surface area contributed by atoms with Gasteiger partial charge in [-0.05, 0) is 30.2 Å². The second-order valence-corrected chi connectivity index (χ2v) is 6.33. The Morgan fingerprint density at radius 3 is 2.75 bits per heavy atom. The number of nitrogens with two attached hydrogens (primary N) is 1. The monoisotopic (exact) mass is 381 g/mol. The molecule has 1 aliphatic heterocycles. The average Bonchev–Trinajstić information content (AvgIpc) is 3.27. The van der Waals surface area contributed by atoms with E-state index in [9.17, 15) is 10.2 Å². The van der Waals surface area contributed by atoms with Gasteiger partial charge >= 0.3 is 0 Å². The number of hydrogen-bond acceptors (Lipinski definition) is 8. The maximum absolute atomic E-state index is 10.1. The number of anilines is 1. The van der Waals surface area contributed by atoms with Gasteiger partial charge in [-0.1, -0.05) is 5.92 Å². The van der Waals surface area contributed by atoms with Gasteiger partial charge in [0.2, 0.25) is 0 Å². The molecule has 1 saturated heterocycles. The van der Waals surface area contributed by atoms with Crippen molar-refractivity contribution < 1.29 is 19.7 Å². The molecule has 2 aromatic heterocycles. The molecule has 3 heterocycles. The number of aliphatic hydroxyl groups is 2. The van der Waals surface area contributed by atoms with Gasteiger partial charge in [-0.2, -0.15) is 0 Å². The van der Waals surface area contributed by atoms with Crippen LogP contribution in [0.25, 0.3) is 11.2 Å². The van der Waals surface area contributed by atoms with Gasteiger partial charge in [0.15, 0.2) is 22.8 Å². The number of hydrogen-bond donors (Lipinski definition) is 3. The van der Waals surface area contributed by atoms with Crippen molar-refractivity contribution in [1.82, 2.24) is 19.5 Å². The van der Waals surface area contributed by atoms with E-state index in [0.717, 1.165) is 11.3 Å². The molecule has 9 nitrogen and oxygen atoms in total. The van der Waals surface area contributed by atoms with E-state index in [2.05, 4.69) is 26.8 Å². The first-order valence-electron chi connectivity index (χ1n) is 8.69. The first-order chi connectivity index (χ1) is 13.6. The van der Waals surface area contributed by atoms with Crippen LogP contribution in [0.3, 0.4) is 0 Å². The largest absolute Gasteiger partial charge is 0.497 e. The van der Waals surface area contributed by atoms with Crippen LogP contribution >= 0.6 is 0 Å². The SMILES string of the molecule is COc1ccc(C#Cc2nc3c(N)ncnc3n2[C@H]2C[C@H](O)[C@@H](CO)O2)cc1. The van der Waals surface area contributed by atoms with Gasteiger partial charge < -0.3 is 25.4 Å². The number of methoxy groups -OCH3 is 1. The second-order valence-electron chi connectivity index (χ2n) is 6.33. The Morgan fingerprint density at radius 2 is 2.07 bits per heavy atom. The van der Waals surface area contributed by atoms with Crippen molar-refractivity contribution >= 4 is 17.0 Å². The summed E-state index contributed by atoms with van der Waals surface area (Å²) in [5.74, 6) is 7.42. The minimum absolute atomic E-state index is 0.230. The van der Waals surface area contributed by atoms with Crippen LogP contribution in [-0.2, 0) is 4.74 Å². The van der Waals surface area contributed by atoms with Gasteiger partial charge in [0.25, 0.3) is 0 Å². The highest BCUT2D eigenvalue weighted by Gasteiger charge is 2.36. The molecule has 144 valence electrons. The molecule has 3 aromatic rings. The molecule has 0 amide bonds. The zero-order valence-corrected chi connectivity index (χ0v) is 15.1. The van der Waals surface area contributed by atoms with Crippen LogP contribution in [-0.4, -0.2) is 55.7 Å². The maximum Gasteiger partial charge on any atom is 0.190 e. The minimum Gasteiger partial charge on any atom is -0.497 e. The van der Waals surface area contributed by atoms with E-state index < -0.39 is 18.4 Å². The van der Waals surface area contributed by atoms with Crippen LogP contribution in [0.5, 0.6) is 5.75 Å². The smallest absolute Gasteiger partial charge is 0.190 e. The molecule has 9 heteroatoms. The summed E-state index contributed by atoms with van der Waals surface area (Å²) in [4.78, 5) is 12.7. The normalized spacial score (nSPS) is 21.5. The summed E-state index contributed by atoms with van der Waals surface area (Å²) in [6.07, 6.45) is -0.437.